The first-order valence-corrected chi connectivity index (χ1v) is 6.83. The minimum absolute atomic E-state index is 0.126. The Bertz CT molecular complexity index is 387. The molecule has 0 unspecified atom stereocenters. The largest absolute Gasteiger partial charge is 0.337 e. The number of amides is 1. The van der Waals surface area contributed by atoms with Crippen LogP contribution in [0.3, 0.4) is 0 Å². The van der Waals surface area contributed by atoms with Crippen molar-refractivity contribution in [2.45, 2.75) is 12.8 Å². The van der Waals surface area contributed by atoms with Gasteiger partial charge in [-0.3, -0.25) is 4.79 Å². The molecule has 1 heterocycles. The normalized spacial score (nSPS) is 17.4. The van der Waals surface area contributed by atoms with Gasteiger partial charge in [0.1, 0.15) is 0 Å². The third-order valence-corrected chi connectivity index (χ3v) is 3.67. The summed E-state index contributed by atoms with van der Waals surface area (Å²) in [6.07, 6.45) is 2.21. The van der Waals surface area contributed by atoms with E-state index in [1.165, 1.54) is 0 Å². The van der Waals surface area contributed by atoms with E-state index in [0.717, 1.165) is 49.1 Å². The molecule has 4 heteroatoms. The van der Waals surface area contributed by atoms with E-state index in [2.05, 4.69) is 21.2 Å². The van der Waals surface area contributed by atoms with Crippen molar-refractivity contribution in [1.82, 2.24) is 10.2 Å². The van der Waals surface area contributed by atoms with Crippen LogP contribution in [0.15, 0.2) is 28.7 Å². The van der Waals surface area contributed by atoms with Crippen molar-refractivity contribution in [3.63, 3.8) is 0 Å². The Labute approximate surface area is 110 Å². The van der Waals surface area contributed by atoms with Crippen LogP contribution in [0.25, 0.3) is 0 Å². The zero-order chi connectivity index (χ0) is 12.1. The standard InChI is InChI=1S/C13H17BrN2O/c14-12-6-2-1-5-11(12)13(17)16-9-4-3-7-15-8-10-16/h1-2,5-6,15H,3-4,7-10H2. The van der Waals surface area contributed by atoms with E-state index in [-0.39, 0.29) is 5.91 Å². The Morgan fingerprint density at radius 2 is 2.00 bits per heavy atom. The van der Waals surface area contributed by atoms with Gasteiger partial charge in [-0.15, -0.1) is 0 Å². The molecule has 1 aliphatic heterocycles. The molecule has 1 N–H and O–H groups in total. The number of nitrogens with zero attached hydrogens (tertiary/aromatic N) is 1. The van der Waals surface area contributed by atoms with Crippen LogP contribution in [-0.2, 0) is 0 Å². The quantitative estimate of drug-likeness (QED) is 0.862. The van der Waals surface area contributed by atoms with Gasteiger partial charge in [0, 0.05) is 24.1 Å². The molecular formula is C13H17BrN2O. The maximum Gasteiger partial charge on any atom is 0.255 e. The molecule has 1 amide bonds. The number of carbonyl (C=O) groups is 1. The molecule has 1 saturated heterocycles. The second-order valence-corrected chi connectivity index (χ2v) is 5.08. The Balaban J connectivity index is 2.10. The van der Waals surface area contributed by atoms with Crippen LogP contribution in [0.5, 0.6) is 0 Å². The number of benzene rings is 1. The average molecular weight is 297 g/mol. The third-order valence-electron chi connectivity index (χ3n) is 2.98. The summed E-state index contributed by atoms with van der Waals surface area (Å²) < 4.78 is 0.875. The Morgan fingerprint density at radius 1 is 1.18 bits per heavy atom. The summed E-state index contributed by atoms with van der Waals surface area (Å²) in [6, 6.07) is 7.62. The molecule has 0 aliphatic carbocycles. The van der Waals surface area contributed by atoms with Gasteiger partial charge in [-0.2, -0.15) is 0 Å². The van der Waals surface area contributed by atoms with Crippen molar-refractivity contribution in [3.05, 3.63) is 34.3 Å². The molecule has 0 saturated carbocycles. The molecule has 0 atom stereocenters. The first-order chi connectivity index (χ1) is 8.29. The molecule has 3 nitrogen and oxygen atoms in total. The van der Waals surface area contributed by atoms with Gasteiger partial charge in [-0.1, -0.05) is 12.1 Å². The molecular weight excluding hydrogens is 280 g/mol. The number of hydrogen-bond acceptors (Lipinski definition) is 2. The Morgan fingerprint density at radius 3 is 2.82 bits per heavy atom. The van der Waals surface area contributed by atoms with Crippen LogP contribution in [0.1, 0.15) is 23.2 Å². The minimum Gasteiger partial charge on any atom is -0.337 e. The van der Waals surface area contributed by atoms with Crippen molar-refractivity contribution in [3.8, 4) is 0 Å². The van der Waals surface area contributed by atoms with Crippen molar-refractivity contribution in [2.24, 2.45) is 0 Å². The highest BCUT2D eigenvalue weighted by atomic mass is 79.9. The zero-order valence-corrected chi connectivity index (χ0v) is 11.4. The van der Waals surface area contributed by atoms with E-state index in [1.807, 2.05) is 29.2 Å². The van der Waals surface area contributed by atoms with E-state index in [1.54, 1.807) is 0 Å². The molecule has 1 aromatic carbocycles. The van der Waals surface area contributed by atoms with E-state index in [0.29, 0.717) is 0 Å². The van der Waals surface area contributed by atoms with E-state index < -0.39 is 0 Å². The fourth-order valence-corrected chi connectivity index (χ4v) is 2.47. The lowest BCUT2D eigenvalue weighted by Crippen LogP contribution is -2.40. The smallest absolute Gasteiger partial charge is 0.255 e. The number of nitrogens with one attached hydrogen (secondary N) is 1. The first kappa shape index (κ1) is 12.6. The maximum atomic E-state index is 12.4. The molecule has 92 valence electrons. The highest BCUT2D eigenvalue weighted by molar-refractivity contribution is 9.10. The highest BCUT2D eigenvalue weighted by Gasteiger charge is 2.18. The van der Waals surface area contributed by atoms with E-state index in [9.17, 15) is 4.79 Å². The van der Waals surface area contributed by atoms with Crippen LogP contribution < -0.4 is 5.32 Å². The molecule has 1 aromatic rings. The summed E-state index contributed by atoms with van der Waals surface area (Å²) in [6.45, 7) is 3.61. The molecule has 0 radical (unpaired) electrons. The molecule has 17 heavy (non-hydrogen) atoms. The van der Waals surface area contributed by atoms with Crippen molar-refractivity contribution in [2.75, 3.05) is 26.2 Å². The predicted octanol–water partition coefficient (Wildman–Crippen LogP) is 2.27. The minimum atomic E-state index is 0.126. The number of hydrogen-bond donors (Lipinski definition) is 1. The number of rotatable bonds is 1. The third kappa shape index (κ3) is 3.30. The second kappa shape index (κ2) is 6.17. The van der Waals surface area contributed by atoms with Gasteiger partial charge < -0.3 is 10.2 Å². The van der Waals surface area contributed by atoms with Gasteiger partial charge in [0.25, 0.3) is 5.91 Å². The van der Waals surface area contributed by atoms with Crippen molar-refractivity contribution >= 4 is 21.8 Å². The van der Waals surface area contributed by atoms with Gasteiger partial charge in [0.2, 0.25) is 0 Å². The fourth-order valence-electron chi connectivity index (χ4n) is 2.01. The predicted molar refractivity (Wildman–Crippen MR) is 72.1 cm³/mol. The number of carbonyl (C=O) groups excluding carboxylic acids is 1. The van der Waals surface area contributed by atoms with Gasteiger partial charge in [0.05, 0.1) is 5.56 Å². The van der Waals surface area contributed by atoms with Crippen LogP contribution in [0.2, 0.25) is 0 Å². The molecule has 2 rings (SSSR count). The highest BCUT2D eigenvalue weighted by Crippen LogP contribution is 2.18. The van der Waals surface area contributed by atoms with Crippen molar-refractivity contribution in [1.29, 1.82) is 0 Å². The monoisotopic (exact) mass is 296 g/mol. The summed E-state index contributed by atoms with van der Waals surface area (Å²) in [5.74, 6) is 0.126. The summed E-state index contributed by atoms with van der Waals surface area (Å²) in [5, 5.41) is 3.33. The molecule has 0 bridgehead atoms. The molecule has 1 fully saturated rings. The van der Waals surface area contributed by atoms with Gasteiger partial charge >= 0.3 is 0 Å². The van der Waals surface area contributed by atoms with Crippen LogP contribution in [0, 0.1) is 0 Å². The lowest BCUT2D eigenvalue weighted by Gasteiger charge is -2.25. The van der Waals surface area contributed by atoms with Gasteiger partial charge in [0.15, 0.2) is 0 Å². The lowest BCUT2D eigenvalue weighted by atomic mass is 10.1. The van der Waals surface area contributed by atoms with Crippen LogP contribution in [-0.4, -0.2) is 37.0 Å². The fraction of sp³-hybridized carbons (Fsp3) is 0.462. The molecule has 0 aromatic heterocycles. The SMILES string of the molecule is O=C(c1ccccc1Br)N1CCCCNCC1. The van der Waals surface area contributed by atoms with Crippen LogP contribution >= 0.6 is 15.9 Å². The van der Waals surface area contributed by atoms with Crippen LogP contribution in [0.4, 0.5) is 0 Å². The topological polar surface area (TPSA) is 32.3 Å². The first-order valence-electron chi connectivity index (χ1n) is 6.03. The molecule has 1 aliphatic rings. The molecule has 0 spiro atoms. The Kier molecular flexibility index (Phi) is 4.57. The zero-order valence-electron chi connectivity index (χ0n) is 9.79. The maximum absolute atomic E-state index is 12.4. The summed E-state index contributed by atoms with van der Waals surface area (Å²) >= 11 is 3.44. The van der Waals surface area contributed by atoms with Crippen molar-refractivity contribution < 1.29 is 4.79 Å². The average Bonchev–Trinajstić information content (AvgIpc) is 2.28. The van der Waals surface area contributed by atoms with E-state index in [4.69, 9.17) is 0 Å². The van der Waals surface area contributed by atoms with Gasteiger partial charge in [-0.25, -0.2) is 0 Å². The van der Waals surface area contributed by atoms with E-state index >= 15 is 0 Å². The summed E-state index contributed by atoms with van der Waals surface area (Å²) in [5.41, 5.74) is 0.757. The Hall–Kier alpha value is -0.870. The number of halogens is 1. The second-order valence-electron chi connectivity index (χ2n) is 4.23. The lowest BCUT2D eigenvalue weighted by molar-refractivity contribution is 0.0747. The summed E-state index contributed by atoms with van der Waals surface area (Å²) in [4.78, 5) is 14.3. The van der Waals surface area contributed by atoms with Gasteiger partial charge in [-0.05, 0) is 47.4 Å². The summed E-state index contributed by atoms with van der Waals surface area (Å²) in [7, 11) is 0.